The molecule has 0 heterocycles. The smallest absolute Gasteiger partial charge is 0.252 e. The topological polar surface area (TPSA) is 75.3 Å². The molecular weight excluding hydrogens is 384 g/mol. The Morgan fingerprint density at radius 1 is 0.862 bits per heavy atom. The molecular formula is C23H24N2O3S. The van der Waals surface area contributed by atoms with Crippen molar-refractivity contribution in [2.45, 2.75) is 19.9 Å². The van der Waals surface area contributed by atoms with Crippen LogP contribution in [0.2, 0.25) is 0 Å². The van der Waals surface area contributed by atoms with Crippen LogP contribution in [0.1, 0.15) is 38.7 Å². The maximum atomic E-state index is 13.0. The predicted molar refractivity (Wildman–Crippen MR) is 117 cm³/mol. The number of nitrogens with one attached hydrogen (secondary N) is 2. The highest BCUT2D eigenvalue weighted by Crippen LogP contribution is 2.24. The fraction of sp³-hybridized carbons (Fsp3) is 0.174. The summed E-state index contributed by atoms with van der Waals surface area (Å²) in [6.07, 6.45) is 1.10. The lowest BCUT2D eigenvalue weighted by molar-refractivity contribution is 0.0943. The van der Waals surface area contributed by atoms with Crippen LogP contribution in [0.15, 0.2) is 72.8 Å². The molecule has 0 aliphatic rings. The van der Waals surface area contributed by atoms with Gasteiger partial charge in [-0.15, -0.1) is 0 Å². The molecule has 29 heavy (non-hydrogen) atoms. The maximum absolute atomic E-state index is 13.0. The van der Waals surface area contributed by atoms with Crippen molar-refractivity contribution < 1.29 is 13.2 Å². The largest absolute Gasteiger partial charge is 0.341 e. The first-order valence-corrected chi connectivity index (χ1v) is 11.1. The Bertz CT molecular complexity index is 1110. The minimum Gasteiger partial charge on any atom is -0.341 e. The van der Waals surface area contributed by atoms with E-state index >= 15 is 0 Å². The molecule has 1 amide bonds. The third-order valence-electron chi connectivity index (χ3n) is 4.60. The van der Waals surface area contributed by atoms with Crippen LogP contribution in [-0.2, 0) is 10.0 Å². The van der Waals surface area contributed by atoms with Gasteiger partial charge in [0.05, 0.1) is 18.0 Å². The Hall–Kier alpha value is -3.12. The van der Waals surface area contributed by atoms with Crippen LogP contribution in [0.5, 0.6) is 0 Å². The molecule has 0 bridgehead atoms. The summed E-state index contributed by atoms with van der Waals surface area (Å²) in [5.74, 6) is -0.228. The highest BCUT2D eigenvalue weighted by molar-refractivity contribution is 7.92. The van der Waals surface area contributed by atoms with Crippen LogP contribution in [0, 0.1) is 13.8 Å². The number of hydrogen-bond acceptors (Lipinski definition) is 3. The van der Waals surface area contributed by atoms with E-state index in [0.717, 1.165) is 22.9 Å². The second kappa shape index (κ2) is 8.49. The van der Waals surface area contributed by atoms with Gasteiger partial charge in [0.25, 0.3) is 5.91 Å². The summed E-state index contributed by atoms with van der Waals surface area (Å²) in [4.78, 5) is 13.0. The van der Waals surface area contributed by atoms with E-state index in [1.54, 1.807) is 25.1 Å². The van der Waals surface area contributed by atoms with Gasteiger partial charge in [-0.2, -0.15) is 0 Å². The summed E-state index contributed by atoms with van der Waals surface area (Å²) in [7, 11) is -3.38. The quantitative estimate of drug-likeness (QED) is 0.642. The minimum absolute atomic E-state index is 0.228. The number of carbonyl (C=O) groups is 1. The summed E-state index contributed by atoms with van der Waals surface area (Å²) in [5.41, 5.74) is 4.72. The standard InChI is InChI=1S/C23H24N2O3S/c1-16-9-11-19(12-10-16)22(18-7-5-4-6-8-18)24-23(26)20-13-14-21(17(2)15-20)25-29(3,27)28/h4-15,22,25H,1-3H3,(H,24,26)/t22-/m1/s1. The maximum Gasteiger partial charge on any atom is 0.252 e. The van der Waals surface area contributed by atoms with E-state index in [1.165, 1.54) is 0 Å². The summed E-state index contributed by atoms with van der Waals surface area (Å²) < 4.78 is 25.4. The third kappa shape index (κ3) is 5.45. The normalized spacial score (nSPS) is 12.2. The van der Waals surface area contributed by atoms with Crippen LogP contribution in [0.3, 0.4) is 0 Å². The number of amides is 1. The van der Waals surface area contributed by atoms with Crippen LogP contribution in [0.25, 0.3) is 0 Å². The molecule has 150 valence electrons. The van der Waals surface area contributed by atoms with Gasteiger partial charge in [0, 0.05) is 5.56 Å². The van der Waals surface area contributed by atoms with E-state index in [1.807, 2.05) is 61.5 Å². The first kappa shape index (κ1) is 20.6. The van der Waals surface area contributed by atoms with Crippen molar-refractivity contribution in [2.24, 2.45) is 0 Å². The van der Waals surface area contributed by atoms with Crippen molar-refractivity contribution in [1.82, 2.24) is 5.32 Å². The van der Waals surface area contributed by atoms with Gasteiger partial charge in [0.1, 0.15) is 0 Å². The summed E-state index contributed by atoms with van der Waals surface area (Å²) in [6, 6.07) is 22.5. The Balaban J connectivity index is 1.89. The highest BCUT2D eigenvalue weighted by Gasteiger charge is 2.18. The van der Waals surface area contributed by atoms with E-state index in [9.17, 15) is 13.2 Å². The summed E-state index contributed by atoms with van der Waals surface area (Å²) >= 11 is 0. The number of sulfonamides is 1. The van der Waals surface area contributed by atoms with Gasteiger partial charge < -0.3 is 5.32 Å². The molecule has 0 saturated heterocycles. The molecule has 0 saturated carbocycles. The lowest BCUT2D eigenvalue weighted by Crippen LogP contribution is -2.29. The van der Waals surface area contributed by atoms with E-state index in [2.05, 4.69) is 10.0 Å². The average molecular weight is 409 g/mol. The molecule has 0 radical (unpaired) electrons. The lowest BCUT2D eigenvalue weighted by atomic mass is 9.97. The van der Waals surface area contributed by atoms with Crippen molar-refractivity contribution >= 4 is 21.6 Å². The average Bonchev–Trinajstić information content (AvgIpc) is 2.68. The number of anilines is 1. The Kier molecular flexibility index (Phi) is 6.03. The molecule has 5 nitrogen and oxygen atoms in total. The van der Waals surface area contributed by atoms with Crippen molar-refractivity contribution in [3.05, 3.63) is 101 Å². The molecule has 0 unspecified atom stereocenters. The summed E-state index contributed by atoms with van der Waals surface area (Å²) in [6.45, 7) is 3.79. The lowest BCUT2D eigenvalue weighted by Gasteiger charge is -2.20. The van der Waals surface area contributed by atoms with Crippen molar-refractivity contribution in [2.75, 3.05) is 11.0 Å². The SMILES string of the molecule is Cc1ccc([C@H](NC(=O)c2ccc(NS(C)(=O)=O)c(C)c2)c2ccccc2)cc1. The number of hydrogen-bond donors (Lipinski definition) is 2. The van der Waals surface area contributed by atoms with Gasteiger partial charge in [-0.1, -0.05) is 60.2 Å². The molecule has 0 fully saturated rings. The van der Waals surface area contributed by atoms with Gasteiger partial charge in [0.2, 0.25) is 10.0 Å². The fourth-order valence-corrected chi connectivity index (χ4v) is 3.73. The molecule has 6 heteroatoms. The number of rotatable bonds is 6. The van der Waals surface area contributed by atoms with Crippen LogP contribution in [-0.4, -0.2) is 20.6 Å². The van der Waals surface area contributed by atoms with E-state index in [-0.39, 0.29) is 11.9 Å². The van der Waals surface area contributed by atoms with Gasteiger partial charge in [-0.3, -0.25) is 9.52 Å². The molecule has 0 spiro atoms. The van der Waals surface area contributed by atoms with Crippen LogP contribution in [0.4, 0.5) is 5.69 Å². The van der Waals surface area contributed by atoms with Crippen molar-refractivity contribution in [1.29, 1.82) is 0 Å². The first-order valence-electron chi connectivity index (χ1n) is 9.24. The molecule has 3 aromatic carbocycles. The number of benzene rings is 3. The first-order chi connectivity index (χ1) is 13.7. The molecule has 2 N–H and O–H groups in total. The number of aryl methyl sites for hydroxylation is 2. The molecule has 1 atom stereocenters. The van der Waals surface area contributed by atoms with Gasteiger partial charge in [-0.05, 0) is 48.7 Å². The van der Waals surface area contributed by atoms with E-state index in [0.29, 0.717) is 16.8 Å². The Morgan fingerprint density at radius 3 is 2.07 bits per heavy atom. The second-order valence-corrected chi connectivity index (χ2v) is 8.88. The van der Waals surface area contributed by atoms with E-state index < -0.39 is 10.0 Å². The Labute approximate surface area is 171 Å². The van der Waals surface area contributed by atoms with Crippen molar-refractivity contribution in [3.8, 4) is 0 Å². The van der Waals surface area contributed by atoms with E-state index in [4.69, 9.17) is 0 Å². The molecule has 3 aromatic rings. The molecule has 3 rings (SSSR count). The summed E-state index contributed by atoms with van der Waals surface area (Å²) in [5, 5.41) is 3.10. The molecule has 0 aliphatic carbocycles. The molecule has 0 aliphatic heterocycles. The van der Waals surface area contributed by atoms with Crippen molar-refractivity contribution in [3.63, 3.8) is 0 Å². The highest BCUT2D eigenvalue weighted by atomic mass is 32.2. The minimum atomic E-state index is -3.38. The zero-order valence-corrected chi connectivity index (χ0v) is 17.5. The molecule has 0 aromatic heterocycles. The second-order valence-electron chi connectivity index (χ2n) is 7.13. The zero-order chi connectivity index (χ0) is 21.0. The zero-order valence-electron chi connectivity index (χ0n) is 16.6. The third-order valence-corrected chi connectivity index (χ3v) is 5.19. The van der Waals surface area contributed by atoms with Crippen LogP contribution >= 0.6 is 0 Å². The number of carbonyl (C=O) groups excluding carboxylic acids is 1. The van der Waals surface area contributed by atoms with Crippen LogP contribution < -0.4 is 10.0 Å². The monoisotopic (exact) mass is 408 g/mol. The van der Waals surface area contributed by atoms with Gasteiger partial charge >= 0.3 is 0 Å². The van der Waals surface area contributed by atoms with Gasteiger partial charge in [0.15, 0.2) is 0 Å². The Morgan fingerprint density at radius 2 is 1.48 bits per heavy atom. The fourth-order valence-electron chi connectivity index (χ4n) is 3.10. The van der Waals surface area contributed by atoms with Gasteiger partial charge in [-0.25, -0.2) is 8.42 Å². The predicted octanol–water partition coefficient (Wildman–Crippen LogP) is 4.19.